The monoisotopic (exact) mass is 591 g/mol. The highest BCUT2D eigenvalue weighted by Crippen LogP contribution is 2.39. The smallest absolute Gasteiger partial charge is 0.508 e. The Morgan fingerprint density at radius 3 is 2.55 bits per heavy atom. The average Bonchev–Trinajstić information content (AvgIpc) is 2.98. The van der Waals surface area contributed by atoms with Crippen LogP contribution in [0.2, 0.25) is 0 Å². The summed E-state index contributed by atoms with van der Waals surface area (Å²) in [4.78, 5) is 29.5. The van der Waals surface area contributed by atoms with Crippen LogP contribution in [0.25, 0.3) is 0 Å². The molecule has 228 valence electrons. The van der Waals surface area contributed by atoms with Gasteiger partial charge in [0, 0.05) is 77.1 Å². The number of aromatic nitrogens is 2. The zero-order valence-corrected chi connectivity index (χ0v) is 23.4. The lowest BCUT2D eigenvalue weighted by Gasteiger charge is -2.38. The van der Waals surface area contributed by atoms with Crippen LogP contribution in [0, 0.1) is 0 Å². The SMILES string of the molecule is C=CC(=O)N1CCN(c2nc(OCCCN3CCNCC3)nc3c2CCN(c2ccc(O)cc2OC(F)(F)F)C3)CC1. The van der Waals surface area contributed by atoms with Gasteiger partial charge in [-0.2, -0.15) is 9.97 Å². The number of carbonyl (C=O) groups excluding carboxylic acids is 1. The first-order valence-electron chi connectivity index (χ1n) is 14.2. The van der Waals surface area contributed by atoms with Crippen molar-refractivity contribution < 1.29 is 32.5 Å². The fourth-order valence-corrected chi connectivity index (χ4v) is 5.54. The molecule has 0 unspecified atom stereocenters. The van der Waals surface area contributed by atoms with E-state index in [-0.39, 0.29) is 29.9 Å². The number of phenols is 1. The van der Waals surface area contributed by atoms with Crippen LogP contribution in [0.5, 0.6) is 17.5 Å². The summed E-state index contributed by atoms with van der Waals surface area (Å²) in [6.07, 6.45) is -2.32. The molecule has 3 aliphatic heterocycles. The molecular weight excluding hydrogens is 555 g/mol. The summed E-state index contributed by atoms with van der Waals surface area (Å²) in [5.41, 5.74) is 1.75. The molecule has 0 aliphatic carbocycles. The van der Waals surface area contributed by atoms with Crippen LogP contribution < -0.4 is 24.6 Å². The number of alkyl halides is 3. The summed E-state index contributed by atoms with van der Waals surface area (Å²) in [6.45, 7) is 11.6. The van der Waals surface area contributed by atoms with Crippen molar-refractivity contribution in [3.8, 4) is 17.5 Å². The van der Waals surface area contributed by atoms with Crippen LogP contribution in [-0.2, 0) is 17.8 Å². The van der Waals surface area contributed by atoms with Gasteiger partial charge < -0.3 is 39.5 Å². The van der Waals surface area contributed by atoms with Crippen molar-refractivity contribution in [2.24, 2.45) is 0 Å². The van der Waals surface area contributed by atoms with Crippen LogP contribution in [0.1, 0.15) is 17.7 Å². The number of fused-ring (bicyclic) bond motifs is 1. The molecule has 42 heavy (non-hydrogen) atoms. The first-order chi connectivity index (χ1) is 20.2. The summed E-state index contributed by atoms with van der Waals surface area (Å²) in [5.74, 6) is -0.201. The molecule has 1 amide bonds. The number of benzene rings is 1. The van der Waals surface area contributed by atoms with Gasteiger partial charge in [-0.25, -0.2) is 0 Å². The number of carbonyl (C=O) groups is 1. The number of amides is 1. The van der Waals surface area contributed by atoms with E-state index in [9.17, 15) is 23.1 Å². The number of ether oxygens (including phenoxy) is 2. The minimum Gasteiger partial charge on any atom is -0.508 e. The van der Waals surface area contributed by atoms with Crippen LogP contribution in [0.15, 0.2) is 30.9 Å². The van der Waals surface area contributed by atoms with Gasteiger partial charge in [0.15, 0.2) is 5.75 Å². The van der Waals surface area contributed by atoms with Gasteiger partial charge in [-0.05, 0) is 31.1 Å². The predicted molar refractivity (Wildman–Crippen MR) is 150 cm³/mol. The lowest BCUT2D eigenvalue weighted by molar-refractivity contribution is -0.274. The van der Waals surface area contributed by atoms with Crippen LogP contribution >= 0.6 is 0 Å². The lowest BCUT2D eigenvalue weighted by Crippen LogP contribution is -2.49. The van der Waals surface area contributed by atoms with Crippen molar-refractivity contribution >= 4 is 17.4 Å². The van der Waals surface area contributed by atoms with Crippen molar-refractivity contribution in [2.75, 3.05) is 81.9 Å². The number of hydrogen-bond donors (Lipinski definition) is 2. The molecule has 11 nitrogen and oxygen atoms in total. The van der Waals surface area contributed by atoms with E-state index in [2.05, 4.69) is 26.4 Å². The van der Waals surface area contributed by atoms with Gasteiger partial charge in [-0.3, -0.25) is 4.79 Å². The second-order valence-electron chi connectivity index (χ2n) is 10.4. The Hall–Kier alpha value is -3.78. The third-order valence-corrected chi connectivity index (χ3v) is 7.66. The molecule has 1 aromatic carbocycles. The summed E-state index contributed by atoms with van der Waals surface area (Å²) >= 11 is 0. The van der Waals surface area contributed by atoms with Crippen molar-refractivity contribution in [1.29, 1.82) is 0 Å². The molecule has 2 aromatic rings. The van der Waals surface area contributed by atoms with Gasteiger partial charge in [0.05, 0.1) is 24.5 Å². The molecule has 3 aliphatic rings. The van der Waals surface area contributed by atoms with E-state index in [1.165, 1.54) is 18.2 Å². The zero-order valence-electron chi connectivity index (χ0n) is 23.4. The molecular formula is C28H36F3N7O4. The Morgan fingerprint density at radius 1 is 1.07 bits per heavy atom. The minimum atomic E-state index is -4.91. The van der Waals surface area contributed by atoms with E-state index in [0.717, 1.165) is 56.6 Å². The Bertz CT molecular complexity index is 1260. The maximum Gasteiger partial charge on any atom is 0.573 e. The Kier molecular flexibility index (Phi) is 9.21. The van der Waals surface area contributed by atoms with Crippen LogP contribution in [0.3, 0.4) is 0 Å². The summed E-state index contributed by atoms with van der Waals surface area (Å²) in [7, 11) is 0. The fraction of sp³-hybridized carbons (Fsp3) is 0.536. The number of phenolic OH excluding ortho intramolecular Hbond substituents is 1. The molecule has 1 aromatic heterocycles. The van der Waals surface area contributed by atoms with Crippen LogP contribution in [-0.4, -0.2) is 109 Å². The van der Waals surface area contributed by atoms with Gasteiger partial charge in [0.25, 0.3) is 0 Å². The standard InChI is InChI=1S/C28H36F3N7O4/c1-2-25(40)36-13-15-37(16-14-36)26-21-6-10-38(23-5-4-20(39)18-24(23)42-28(29,30)31)19-22(21)33-27(34-26)41-17-3-9-35-11-7-32-8-12-35/h2,4-5,18,32,39H,1,3,6-17,19H2. The van der Waals surface area contributed by atoms with Crippen molar-refractivity contribution in [3.05, 3.63) is 42.1 Å². The van der Waals surface area contributed by atoms with E-state index in [0.29, 0.717) is 51.4 Å². The quantitative estimate of drug-likeness (QED) is 0.333. The van der Waals surface area contributed by atoms with E-state index in [4.69, 9.17) is 14.7 Å². The van der Waals surface area contributed by atoms with Crippen LogP contribution in [0.4, 0.5) is 24.7 Å². The van der Waals surface area contributed by atoms with Crippen molar-refractivity contribution in [2.45, 2.75) is 25.7 Å². The third-order valence-electron chi connectivity index (χ3n) is 7.66. The van der Waals surface area contributed by atoms with Gasteiger partial charge in [0.1, 0.15) is 11.6 Å². The highest BCUT2D eigenvalue weighted by molar-refractivity contribution is 5.87. The summed E-state index contributed by atoms with van der Waals surface area (Å²) in [5, 5.41) is 13.2. The Labute approximate surface area is 242 Å². The zero-order chi connectivity index (χ0) is 29.7. The molecule has 0 saturated carbocycles. The number of anilines is 2. The molecule has 2 saturated heterocycles. The average molecular weight is 592 g/mol. The van der Waals surface area contributed by atoms with Crippen molar-refractivity contribution in [3.63, 3.8) is 0 Å². The Morgan fingerprint density at radius 2 is 1.83 bits per heavy atom. The van der Waals surface area contributed by atoms with E-state index < -0.39 is 12.1 Å². The first kappa shape index (κ1) is 29.7. The number of piperazine rings is 2. The molecule has 14 heteroatoms. The number of hydrogen-bond acceptors (Lipinski definition) is 10. The number of rotatable bonds is 9. The number of halogens is 3. The molecule has 0 atom stereocenters. The maximum absolute atomic E-state index is 13.1. The first-order valence-corrected chi connectivity index (χ1v) is 14.2. The number of aromatic hydroxyl groups is 1. The molecule has 2 N–H and O–H groups in total. The predicted octanol–water partition coefficient (Wildman–Crippen LogP) is 2.15. The second kappa shape index (κ2) is 13.0. The largest absolute Gasteiger partial charge is 0.573 e. The third kappa shape index (κ3) is 7.34. The van der Waals surface area contributed by atoms with E-state index in [1.807, 2.05) is 0 Å². The van der Waals surface area contributed by atoms with E-state index >= 15 is 0 Å². The summed E-state index contributed by atoms with van der Waals surface area (Å²) in [6, 6.07) is 3.91. The molecule has 2 fully saturated rings. The maximum atomic E-state index is 13.1. The number of nitrogens with one attached hydrogen (secondary N) is 1. The summed E-state index contributed by atoms with van der Waals surface area (Å²) < 4.78 is 49.7. The Balaban J connectivity index is 1.36. The van der Waals surface area contributed by atoms with Gasteiger partial charge in [-0.1, -0.05) is 6.58 Å². The molecule has 0 bridgehead atoms. The molecule has 5 rings (SSSR count). The topological polar surface area (TPSA) is 107 Å². The number of nitrogens with zero attached hydrogens (tertiary/aromatic N) is 6. The van der Waals surface area contributed by atoms with E-state index in [1.54, 1.807) is 9.80 Å². The van der Waals surface area contributed by atoms with Crippen molar-refractivity contribution in [1.82, 2.24) is 25.1 Å². The minimum absolute atomic E-state index is 0.116. The second-order valence-corrected chi connectivity index (χ2v) is 10.4. The van der Waals surface area contributed by atoms with Gasteiger partial charge in [0.2, 0.25) is 5.91 Å². The molecule has 0 radical (unpaired) electrons. The normalized spacial score (nSPS) is 18.0. The molecule has 0 spiro atoms. The highest BCUT2D eigenvalue weighted by Gasteiger charge is 2.34. The van der Waals surface area contributed by atoms with Gasteiger partial charge >= 0.3 is 12.4 Å². The fourth-order valence-electron chi connectivity index (χ4n) is 5.54. The molecule has 4 heterocycles. The van der Waals surface area contributed by atoms with Gasteiger partial charge in [-0.15, -0.1) is 13.2 Å². The lowest BCUT2D eigenvalue weighted by atomic mass is 10.0. The highest BCUT2D eigenvalue weighted by atomic mass is 19.4.